The monoisotopic (exact) mass is 421 g/mol. The van der Waals surface area contributed by atoms with Crippen molar-refractivity contribution in [3.8, 4) is 0 Å². The number of esters is 1. The first kappa shape index (κ1) is 17.6. The minimum atomic E-state index is -0.417. The quantitative estimate of drug-likeness (QED) is 0.632. The van der Waals surface area contributed by atoms with E-state index in [4.69, 9.17) is 4.74 Å². The van der Waals surface area contributed by atoms with E-state index in [0.29, 0.717) is 22.3 Å². The third-order valence-electron chi connectivity index (χ3n) is 3.55. The average molecular weight is 422 g/mol. The number of fused-ring (bicyclic) bond motifs is 1. The van der Waals surface area contributed by atoms with Crippen LogP contribution < -0.4 is 5.32 Å². The number of anilines is 1. The molecule has 0 bridgehead atoms. The fourth-order valence-corrected chi connectivity index (χ4v) is 3.67. The lowest BCUT2D eigenvalue weighted by Gasteiger charge is -2.05. The molecule has 8 heteroatoms. The Morgan fingerprint density at radius 1 is 1.36 bits per heavy atom. The van der Waals surface area contributed by atoms with Crippen LogP contribution in [0.1, 0.15) is 22.3 Å². The number of aryl methyl sites for hydroxylation is 1. The number of rotatable bonds is 5. The SMILES string of the molecule is CCOC(=O)c1sc(NC(=O)Cn2ccc3ccc(Br)cc32)nc1C. The molecule has 3 aromatic rings. The number of nitrogens with zero attached hydrogens (tertiary/aromatic N) is 2. The highest BCUT2D eigenvalue weighted by Crippen LogP contribution is 2.24. The van der Waals surface area contributed by atoms with Gasteiger partial charge < -0.3 is 14.6 Å². The van der Waals surface area contributed by atoms with E-state index in [9.17, 15) is 9.59 Å². The van der Waals surface area contributed by atoms with Gasteiger partial charge in [-0.15, -0.1) is 0 Å². The topological polar surface area (TPSA) is 73.2 Å². The fraction of sp³-hybridized carbons (Fsp3) is 0.235. The van der Waals surface area contributed by atoms with Crippen molar-refractivity contribution < 1.29 is 14.3 Å². The first-order valence-corrected chi connectivity index (χ1v) is 9.27. The Morgan fingerprint density at radius 2 is 2.16 bits per heavy atom. The van der Waals surface area contributed by atoms with Crippen LogP contribution in [0.15, 0.2) is 34.9 Å². The van der Waals surface area contributed by atoms with Gasteiger partial charge in [0.1, 0.15) is 11.4 Å². The van der Waals surface area contributed by atoms with Crippen LogP contribution in [0.25, 0.3) is 10.9 Å². The van der Waals surface area contributed by atoms with Crippen LogP contribution >= 0.6 is 27.3 Å². The zero-order chi connectivity index (χ0) is 18.0. The lowest BCUT2D eigenvalue weighted by atomic mass is 10.2. The summed E-state index contributed by atoms with van der Waals surface area (Å²) in [7, 11) is 0. The van der Waals surface area contributed by atoms with Gasteiger partial charge in [-0.3, -0.25) is 4.79 Å². The Morgan fingerprint density at radius 3 is 2.92 bits per heavy atom. The van der Waals surface area contributed by atoms with E-state index < -0.39 is 5.97 Å². The van der Waals surface area contributed by atoms with E-state index in [-0.39, 0.29) is 12.5 Å². The Bertz CT molecular complexity index is 948. The Hall–Kier alpha value is -2.19. The molecule has 130 valence electrons. The summed E-state index contributed by atoms with van der Waals surface area (Å²) in [5.41, 5.74) is 1.51. The van der Waals surface area contributed by atoms with Crippen LogP contribution in [0, 0.1) is 6.92 Å². The fourth-order valence-electron chi connectivity index (χ4n) is 2.44. The van der Waals surface area contributed by atoms with Gasteiger partial charge in [-0.05, 0) is 37.4 Å². The normalized spacial score (nSPS) is 10.8. The van der Waals surface area contributed by atoms with E-state index in [2.05, 4.69) is 26.2 Å². The van der Waals surface area contributed by atoms with Crippen LogP contribution in [-0.4, -0.2) is 28.0 Å². The highest BCUT2D eigenvalue weighted by Gasteiger charge is 2.17. The number of halogens is 1. The number of thiazole rings is 1. The van der Waals surface area contributed by atoms with Crippen LogP contribution in [-0.2, 0) is 16.1 Å². The van der Waals surface area contributed by atoms with Crippen molar-refractivity contribution in [1.82, 2.24) is 9.55 Å². The van der Waals surface area contributed by atoms with Gasteiger partial charge in [-0.1, -0.05) is 33.3 Å². The molecule has 3 rings (SSSR count). The van der Waals surface area contributed by atoms with E-state index in [1.807, 2.05) is 35.0 Å². The number of aromatic nitrogens is 2. The number of ether oxygens (including phenoxy) is 1. The van der Waals surface area contributed by atoms with E-state index in [1.165, 1.54) is 0 Å². The summed E-state index contributed by atoms with van der Waals surface area (Å²) in [5, 5.41) is 4.20. The van der Waals surface area contributed by atoms with Gasteiger partial charge in [0.25, 0.3) is 0 Å². The molecule has 0 saturated carbocycles. The molecule has 1 amide bonds. The van der Waals surface area contributed by atoms with Crippen molar-refractivity contribution in [2.24, 2.45) is 0 Å². The summed E-state index contributed by atoms with van der Waals surface area (Å²) in [6, 6.07) is 7.88. The Kier molecular flexibility index (Phi) is 5.19. The van der Waals surface area contributed by atoms with Crippen molar-refractivity contribution in [1.29, 1.82) is 0 Å². The zero-order valence-electron chi connectivity index (χ0n) is 13.7. The lowest BCUT2D eigenvalue weighted by Crippen LogP contribution is -2.18. The molecule has 0 aliphatic carbocycles. The smallest absolute Gasteiger partial charge is 0.350 e. The zero-order valence-corrected chi connectivity index (χ0v) is 16.1. The average Bonchev–Trinajstić information content (AvgIpc) is 3.11. The maximum atomic E-state index is 12.3. The number of benzene rings is 1. The summed E-state index contributed by atoms with van der Waals surface area (Å²) < 4.78 is 7.80. The van der Waals surface area contributed by atoms with Crippen molar-refractivity contribution in [3.63, 3.8) is 0 Å². The predicted molar refractivity (Wildman–Crippen MR) is 101 cm³/mol. The number of nitrogens with one attached hydrogen (secondary N) is 1. The first-order valence-electron chi connectivity index (χ1n) is 7.66. The molecule has 0 atom stereocenters. The largest absolute Gasteiger partial charge is 0.462 e. The molecule has 25 heavy (non-hydrogen) atoms. The van der Waals surface area contributed by atoms with E-state index >= 15 is 0 Å². The summed E-state index contributed by atoms with van der Waals surface area (Å²) in [6.07, 6.45) is 1.87. The summed E-state index contributed by atoms with van der Waals surface area (Å²) in [6.45, 7) is 3.92. The highest BCUT2D eigenvalue weighted by molar-refractivity contribution is 9.10. The molecule has 6 nitrogen and oxygen atoms in total. The number of amides is 1. The molecule has 0 spiro atoms. The lowest BCUT2D eigenvalue weighted by molar-refractivity contribution is -0.116. The predicted octanol–water partition coefficient (Wildman–Crippen LogP) is 3.98. The second kappa shape index (κ2) is 7.37. The van der Waals surface area contributed by atoms with Crippen LogP contribution in [0.4, 0.5) is 5.13 Å². The maximum Gasteiger partial charge on any atom is 0.350 e. The molecular weight excluding hydrogens is 406 g/mol. The standard InChI is InChI=1S/C17H16BrN3O3S/c1-3-24-16(23)15-10(2)19-17(25-15)20-14(22)9-21-7-6-11-4-5-12(18)8-13(11)21/h4-8H,3,9H2,1-2H3,(H,19,20,22). The minimum absolute atomic E-state index is 0.160. The second-order valence-electron chi connectivity index (χ2n) is 5.35. The minimum Gasteiger partial charge on any atom is -0.462 e. The van der Waals surface area contributed by atoms with Crippen molar-refractivity contribution in [3.05, 3.63) is 45.5 Å². The van der Waals surface area contributed by atoms with Crippen LogP contribution in [0.5, 0.6) is 0 Å². The summed E-state index contributed by atoms with van der Waals surface area (Å²) in [5.74, 6) is -0.624. The van der Waals surface area contributed by atoms with Gasteiger partial charge >= 0.3 is 5.97 Å². The molecule has 0 radical (unpaired) electrons. The van der Waals surface area contributed by atoms with Gasteiger partial charge in [-0.25, -0.2) is 9.78 Å². The Labute approximate surface area is 156 Å². The van der Waals surface area contributed by atoms with Gasteiger partial charge in [0.2, 0.25) is 5.91 Å². The molecule has 2 aromatic heterocycles. The number of hydrogen-bond acceptors (Lipinski definition) is 5. The van der Waals surface area contributed by atoms with Crippen molar-refractivity contribution >= 4 is 55.2 Å². The molecule has 2 heterocycles. The van der Waals surface area contributed by atoms with Crippen molar-refractivity contribution in [2.45, 2.75) is 20.4 Å². The van der Waals surface area contributed by atoms with E-state index in [1.54, 1.807) is 13.8 Å². The molecule has 0 aliphatic rings. The highest BCUT2D eigenvalue weighted by atomic mass is 79.9. The maximum absolute atomic E-state index is 12.3. The summed E-state index contributed by atoms with van der Waals surface area (Å²) >= 11 is 4.56. The molecule has 1 N–H and O–H groups in total. The van der Waals surface area contributed by atoms with Gasteiger partial charge in [0.15, 0.2) is 5.13 Å². The Balaban J connectivity index is 1.73. The first-order chi connectivity index (χ1) is 12.0. The third kappa shape index (κ3) is 3.91. The second-order valence-corrected chi connectivity index (χ2v) is 7.26. The van der Waals surface area contributed by atoms with Crippen LogP contribution in [0.3, 0.4) is 0 Å². The van der Waals surface area contributed by atoms with Gasteiger partial charge in [0.05, 0.1) is 12.3 Å². The van der Waals surface area contributed by atoms with Gasteiger partial charge in [-0.2, -0.15) is 0 Å². The van der Waals surface area contributed by atoms with Gasteiger partial charge in [0, 0.05) is 16.2 Å². The molecule has 0 saturated heterocycles. The summed E-state index contributed by atoms with van der Waals surface area (Å²) in [4.78, 5) is 28.8. The molecule has 0 fully saturated rings. The molecule has 0 unspecified atom stereocenters. The third-order valence-corrected chi connectivity index (χ3v) is 5.10. The number of hydrogen-bond donors (Lipinski definition) is 1. The molecular formula is C17H16BrN3O3S. The number of carbonyl (C=O) groups excluding carboxylic acids is 2. The number of carbonyl (C=O) groups is 2. The van der Waals surface area contributed by atoms with Crippen molar-refractivity contribution in [2.75, 3.05) is 11.9 Å². The van der Waals surface area contributed by atoms with E-state index in [0.717, 1.165) is 26.7 Å². The van der Waals surface area contributed by atoms with Crippen LogP contribution in [0.2, 0.25) is 0 Å². The molecule has 0 aliphatic heterocycles. The molecule has 1 aromatic carbocycles.